The summed E-state index contributed by atoms with van der Waals surface area (Å²) in [7, 11) is -3.62. The van der Waals surface area contributed by atoms with Crippen LogP contribution in [0.15, 0.2) is 66.7 Å². The summed E-state index contributed by atoms with van der Waals surface area (Å²) in [5, 5.41) is 16.6. The molecule has 8 nitrogen and oxygen atoms in total. The number of alkyl halides is 6. The predicted octanol–water partition coefficient (Wildman–Crippen LogP) is 5.93. The minimum absolute atomic E-state index is 0.0388. The summed E-state index contributed by atoms with van der Waals surface area (Å²) in [4.78, 5) is 13.7. The number of rotatable bonds is 12. The molecular formula is C33H37F6N3O5S. The maximum Gasteiger partial charge on any atom is 0.416 e. The zero-order chi connectivity index (χ0) is 35.3. The molecule has 1 aliphatic heterocycles. The van der Waals surface area contributed by atoms with E-state index in [1.807, 2.05) is 0 Å². The third kappa shape index (κ3) is 10.1. The Morgan fingerprint density at radius 1 is 0.917 bits per heavy atom. The van der Waals surface area contributed by atoms with Crippen molar-refractivity contribution in [1.82, 2.24) is 10.6 Å². The van der Waals surface area contributed by atoms with E-state index in [1.54, 1.807) is 44.2 Å². The number of carbonyl (C=O) groups is 1. The smallest absolute Gasteiger partial charge is 0.416 e. The molecule has 1 fully saturated rings. The Bertz CT molecular complexity index is 1630. The maximum atomic E-state index is 13.7. The van der Waals surface area contributed by atoms with Crippen molar-refractivity contribution in [2.24, 2.45) is 0 Å². The molecule has 1 amide bonds. The van der Waals surface area contributed by atoms with Crippen LogP contribution in [0.2, 0.25) is 0 Å². The van der Waals surface area contributed by atoms with Gasteiger partial charge in [-0.1, -0.05) is 30.3 Å². The van der Waals surface area contributed by atoms with Gasteiger partial charge in [0.15, 0.2) is 0 Å². The Kier molecular flexibility index (Phi) is 11.7. The standard InChI is InChI=1S/C33H37F6N3O5S/c1-21(2)47-28-16-24(15-27(18-28)42-10-6-7-11-48(42,45)46)31(44)41-29(14-22-8-4-3-5-9-22)30(43)20-40-19-23-12-25(32(34,35)36)17-26(13-23)33(37,38)39/h3-5,8-9,12-13,15-18,21,29-30,40,43H,6-7,10-11,14,19-20H2,1-2H3,(H,41,44)/t29-,30+/m0/s1. The summed E-state index contributed by atoms with van der Waals surface area (Å²) in [5.74, 6) is -0.442. The number of amides is 1. The predicted molar refractivity (Wildman–Crippen MR) is 168 cm³/mol. The number of nitrogens with zero attached hydrogens (tertiary/aromatic N) is 1. The van der Waals surface area contributed by atoms with Crippen LogP contribution in [0.5, 0.6) is 5.75 Å². The lowest BCUT2D eigenvalue weighted by atomic mass is 10.00. The first kappa shape index (κ1) is 37.0. The van der Waals surface area contributed by atoms with E-state index in [1.165, 1.54) is 22.5 Å². The molecule has 0 bridgehead atoms. The molecule has 4 rings (SSSR count). The SMILES string of the molecule is CC(C)Oc1cc(C(=O)N[C@@H](Cc2ccccc2)[C@H](O)CNCc2cc(C(F)(F)F)cc(C(F)(F)F)c2)cc(N2CCCCS2(=O)=O)c1. The lowest BCUT2D eigenvalue weighted by molar-refractivity contribution is -0.143. The van der Waals surface area contributed by atoms with E-state index in [2.05, 4.69) is 10.6 Å². The molecule has 0 spiro atoms. The molecule has 3 aromatic carbocycles. The van der Waals surface area contributed by atoms with E-state index in [4.69, 9.17) is 4.74 Å². The van der Waals surface area contributed by atoms with Crippen molar-refractivity contribution in [2.45, 2.75) is 70.3 Å². The van der Waals surface area contributed by atoms with Crippen molar-refractivity contribution in [1.29, 1.82) is 0 Å². The molecule has 262 valence electrons. The van der Waals surface area contributed by atoms with Gasteiger partial charge in [-0.2, -0.15) is 26.3 Å². The Morgan fingerprint density at radius 2 is 1.56 bits per heavy atom. The van der Waals surface area contributed by atoms with Crippen LogP contribution in [0, 0.1) is 0 Å². The van der Waals surface area contributed by atoms with Gasteiger partial charge in [-0.15, -0.1) is 0 Å². The summed E-state index contributed by atoms with van der Waals surface area (Å²) >= 11 is 0. The topological polar surface area (TPSA) is 108 Å². The highest BCUT2D eigenvalue weighted by molar-refractivity contribution is 7.92. The summed E-state index contributed by atoms with van der Waals surface area (Å²) in [6.07, 6.45) is -10.4. The van der Waals surface area contributed by atoms with Crippen LogP contribution < -0.4 is 19.7 Å². The first-order valence-corrected chi connectivity index (χ1v) is 16.9. The monoisotopic (exact) mass is 701 g/mol. The number of anilines is 1. The first-order valence-electron chi connectivity index (χ1n) is 15.3. The minimum Gasteiger partial charge on any atom is -0.491 e. The summed E-state index contributed by atoms with van der Waals surface area (Å²) in [6, 6.07) is 13.5. The van der Waals surface area contributed by atoms with Crippen LogP contribution in [0.25, 0.3) is 0 Å². The highest BCUT2D eigenvalue weighted by Crippen LogP contribution is 2.36. The molecule has 2 atom stereocenters. The van der Waals surface area contributed by atoms with Gasteiger partial charge in [-0.3, -0.25) is 9.10 Å². The lowest BCUT2D eigenvalue weighted by Gasteiger charge is -2.29. The average Bonchev–Trinajstić information content (AvgIpc) is 2.99. The molecule has 0 aliphatic carbocycles. The number of ether oxygens (including phenoxy) is 1. The van der Waals surface area contributed by atoms with Crippen molar-refractivity contribution in [3.05, 3.63) is 94.5 Å². The normalized spacial score (nSPS) is 16.4. The molecule has 15 heteroatoms. The van der Waals surface area contributed by atoms with Crippen LogP contribution in [-0.4, -0.2) is 56.5 Å². The lowest BCUT2D eigenvalue weighted by Crippen LogP contribution is -2.48. The largest absolute Gasteiger partial charge is 0.491 e. The van der Waals surface area contributed by atoms with E-state index in [9.17, 15) is 44.7 Å². The zero-order valence-corrected chi connectivity index (χ0v) is 27.1. The van der Waals surface area contributed by atoms with Crippen molar-refractivity contribution in [3.63, 3.8) is 0 Å². The number of carbonyl (C=O) groups excluding carboxylic acids is 1. The third-order valence-electron chi connectivity index (χ3n) is 7.57. The van der Waals surface area contributed by atoms with Gasteiger partial charge in [-0.25, -0.2) is 8.42 Å². The number of sulfonamides is 1. The van der Waals surface area contributed by atoms with E-state index >= 15 is 0 Å². The molecule has 0 unspecified atom stereocenters. The Labute approximate surface area is 275 Å². The maximum absolute atomic E-state index is 13.7. The molecule has 0 aromatic heterocycles. The third-order valence-corrected chi connectivity index (χ3v) is 9.44. The van der Waals surface area contributed by atoms with Gasteiger partial charge < -0.3 is 20.5 Å². The van der Waals surface area contributed by atoms with Crippen LogP contribution in [0.1, 0.15) is 59.3 Å². The number of aliphatic hydroxyl groups is 1. The van der Waals surface area contributed by atoms with Crippen LogP contribution in [-0.2, 0) is 35.3 Å². The second-order valence-electron chi connectivity index (χ2n) is 11.9. The van der Waals surface area contributed by atoms with Gasteiger partial charge >= 0.3 is 12.4 Å². The molecule has 3 N–H and O–H groups in total. The molecule has 0 saturated carbocycles. The molecule has 1 aliphatic rings. The minimum atomic E-state index is -5.00. The second-order valence-corrected chi connectivity index (χ2v) is 13.9. The van der Waals surface area contributed by atoms with Gasteiger partial charge in [0.2, 0.25) is 10.0 Å². The van der Waals surface area contributed by atoms with Gasteiger partial charge in [0, 0.05) is 31.3 Å². The number of nitrogens with one attached hydrogen (secondary N) is 2. The molecule has 3 aromatic rings. The zero-order valence-electron chi connectivity index (χ0n) is 26.2. The van der Waals surface area contributed by atoms with Gasteiger partial charge in [-0.05, 0) is 74.6 Å². The van der Waals surface area contributed by atoms with E-state index in [0.717, 1.165) is 5.56 Å². The first-order chi connectivity index (χ1) is 22.4. The van der Waals surface area contributed by atoms with Crippen LogP contribution in [0.3, 0.4) is 0 Å². The van der Waals surface area contributed by atoms with Gasteiger partial charge in [0.1, 0.15) is 5.75 Å². The highest BCUT2D eigenvalue weighted by Gasteiger charge is 2.37. The van der Waals surface area contributed by atoms with E-state index in [-0.39, 0.29) is 60.0 Å². The molecule has 0 radical (unpaired) electrons. The van der Waals surface area contributed by atoms with Crippen molar-refractivity contribution in [3.8, 4) is 5.75 Å². The second kappa shape index (κ2) is 15.2. The van der Waals surface area contributed by atoms with Crippen molar-refractivity contribution < 1.29 is 49.4 Å². The number of halogens is 6. The van der Waals surface area contributed by atoms with Gasteiger partial charge in [0.05, 0.1) is 40.8 Å². The number of benzene rings is 3. The molecule has 48 heavy (non-hydrogen) atoms. The van der Waals surface area contributed by atoms with Crippen LogP contribution >= 0.6 is 0 Å². The quantitative estimate of drug-likeness (QED) is 0.202. The average molecular weight is 702 g/mol. The Balaban J connectivity index is 1.57. The van der Waals surface area contributed by atoms with Crippen molar-refractivity contribution >= 4 is 21.6 Å². The van der Waals surface area contributed by atoms with Gasteiger partial charge in [0.25, 0.3) is 5.91 Å². The molecular weight excluding hydrogens is 664 g/mol. The number of aliphatic hydroxyl groups excluding tert-OH is 1. The van der Waals surface area contributed by atoms with E-state index < -0.39 is 58.1 Å². The fourth-order valence-electron chi connectivity index (χ4n) is 5.31. The van der Waals surface area contributed by atoms with Crippen molar-refractivity contribution in [2.75, 3.05) is 23.1 Å². The molecule has 1 heterocycles. The Morgan fingerprint density at radius 3 is 2.15 bits per heavy atom. The summed E-state index contributed by atoms with van der Waals surface area (Å²) in [5.41, 5.74) is -2.17. The summed E-state index contributed by atoms with van der Waals surface area (Å²) in [6.45, 7) is 3.03. The number of hydrogen-bond acceptors (Lipinski definition) is 6. The molecule has 1 saturated heterocycles. The summed E-state index contributed by atoms with van der Waals surface area (Å²) < 4.78 is 113. The van der Waals surface area contributed by atoms with E-state index in [0.29, 0.717) is 25.0 Å². The number of hydrogen-bond donors (Lipinski definition) is 3. The Hall–Kier alpha value is -3.82. The fourth-order valence-corrected chi connectivity index (χ4v) is 6.93. The fraction of sp³-hybridized carbons (Fsp3) is 0.424. The highest BCUT2D eigenvalue weighted by atomic mass is 32.2. The van der Waals surface area contributed by atoms with Crippen LogP contribution in [0.4, 0.5) is 32.0 Å².